The zero-order chi connectivity index (χ0) is 21.4. The molecule has 1 heterocycles. The standard InChI is InChI=1S/C24H25FN2O3.Na/c1-14-22(15(2)27(26-14)13-23(28)29)12-17-11-18(10-16-6-8-19(25)9-7-16)24(30)21-5-3-4-20(17)21;/h6-9,11,30H,3-5,10,12-13H2,1-2H3,(H,28,29);/q;+1/p-1. The van der Waals surface area contributed by atoms with Crippen molar-refractivity contribution in [3.05, 3.63) is 80.9 Å². The smallest absolute Gasteiger partial charge is 0.548 e. The molecule has 1 aromatic heterocycles. The maximum absolute atomic E-state index is 13.2. The molecule has 0 amide bonds. The van der Waals surface area contributed by atoms with Crippen molar-refractivity contribution in [3.63, 3.8) is 0 Å². The molecule has 0 spiro atoms. The summed E-state index contributed by atoms with van der Waals surface area (Å²) in [5.74, 6) is -1.10. The number of hydrogen-bond donors (Lipinski definition) is 1. The molecule has 5 nitrogen and oxygen atoms in total. The minimum Gasteiger partial charge on any atom is -0.548 e. The predicted octanol–water partition coefficient (Wildman–Crippen LogP) is -0.231. The minimum atomic E-state index is -1.17. The summed E-state index contributed by atoms with van der Waals surface area (Å²) in [5.41, 5.74) is 7.70. The summed E-state index contributed by atoms with van der Waals surface area (Å²) >= 11 is 0. The van der Waals surface area contributed by atoms with E-state index in [0.29, 0.717) is 18.6 Å². The third kappa shape index (κ3) is 4.86. The van der Waals surface area contributed by atoms with Gasteiger partial charge in [-0.05, 0) is 73.1 Å². The number of halogens is 1. The first kappa shape index (κ1) is 23.5. The quantitative estimate of drug-likeness (QED) is 0.548. The zero-order valence-corrected chi connectivity index (χ0v) is 20.2. The van der Waals surface area contributed by atoms with Gasteiger partial charge in [0.25, 0.3) is 0 Å². The van der Waals surface area contributed by atoms with E-state index in [-0.39, 0.29) is 41.9 Å². The monoisotopic (exact) mass is 430 g/mol. The number of phenols is 1. The topological polar surface area (TPSA) is 78.2 Å². The number of carboxylic acid groups (broad SMARTS) is 1. The molecule has 0 atom stereocenters. The molecular weight excluding hydrogens is 406 g/mol. The first-order valence-electron chi connectivity index (χ1n) is 10.2. The molecule has 4 rings (SSSR count). The van der Waals surface area contributed by atoms with Crippen molar-refractivity contribution in [3.8, 4) is 5.75 Å². The number of benzene rings is 2. The molecule has 31 heavy (non-hydrogen) atoms. The molecule has 1 aliphatic carbocycles. The van der Waals surface area contributed by atoms with Crippen LogP contribution in [-0.2, 0) is 37.0 Å². The SMILES string of the molecule is Cc1nn(CC(=O)[O-])c(C)c1Cc1cc(Cc2ccc(F)cc2)c(O)c2c1CCC2.[Na+]. The van der Waals surface area contributed by atoms with E-state index in [4.69, 9.17) is 0 Å². The van der Waals surface area contributed by atoms with Gasteiger partial charge in [0.05, 0.1) is 18.2 Å². The predicted molar refractivity (Wildman–Crippen MR) is 109 cm³/mol. The number of aliphatic carboxylic acids is 1. The fourth-order valence-electron chi connectivity index (χ4n) is 4.49. The molecule has 7 heteroatoms. The van der Waals surface area contributed by atoms with Crippen LogP contribution in [0.2, 0.25) is 0 Å². The summed E-state index contributed by atoms with van der Waals surface area (Å²) in [6.07, 6.45) is 3.91. The molecule has 0 unspecified atom stereocenters. The molecule has 0 aliphatic heterocycles. The van der Waals surface area contributed by atoms with E-state index in [0.717, 1.165) is 58.5 Å². The fraction of sp³-hybridized carbons (Fsp3) is 0.333. The summed E-state index contributed by atoms with van der Waals surface area (Å²) in [6.45, 7) is 3.49. The normalized spacial score (nSPS) is 12.5. The van der Waals surface area contributed by atoms with Crippen molar-refractivity contribution in [2.45, 2.75) is 52.5 Å². The Morgan fingerprint density at radius 2 is 1.81 bits per heavy atom. The molecule has 2 aromatic carbocycles. The third-order valence-electron chi connectivity index (χ3n) is 6.03. The first-order chi connectivity index (χ1) is 14.3. The van der Waals surface area contributed by atoms with Crippen LogP contribution in [0.25, 0.3) is 0 Å². The number of aromatic nitrogens is 2. The Bertz CT molecular complexity index is 1120. The van der Waals surface area contributed by atoms with Crippen molar-refractivity contribution in [1.82, 2.24) is 9.78 Å². The van der Waals surface area contributed by atoms with Crippen LogP contribution in [0.15, 0.2) is 30.3 Å². The zero-order valence-electron chi connectivity index (χ0n) is 18.2. The van der Waals surface area contributed by atoms with Gasteiger partial charge >= 0.3 is 29.6 Å². The minimum absolute atomic E-state index is 0. The van der Waals surface area contributed by atoms with E-state index in [1.807, 2.05) is 19.9 Å². The maximum atomic E-state index is 13.2. The summed E-state index contributed by atoms with van der Waals surface area (Å²) in [7, 11) is 0. The largest absolute Gasteiger partial charge is 1.00 e. The summed E-state index contributed by atoms with van der Waals surface area (Å²) in [5, 5.41) is 26.2. The molecule has 0 bridgehead atoms. The third-order valence-corrected chi connectivity index (χ3v) is 6.03. The van der Waals surface area contributed by atoms with E-state index in [9.17, 15) is 19.4 Å². The molecule has 156 valence electrons. The number of carbonyl (C=O) groups excluding carboxylic acids is 1. The van der Waals surface area contributed by atoms with Crippen molar-refractivity contribution in [2.75, 3.05) is 0 Å². The average molecular weight is 430 g/mol. The molecule has 0 saturated carbocycles. The van der Waals surface area contributed by atoms with E-state index < -0.39 is 5.97 Å². The van der Waals surface area contributed by atoms with Crippen LogP contribution in [0.4, 0.5) is 4.39 Å². The number of phenolic OH excluding ortho intramolecular Hbond substituents is 1. The molecule has 0 saturated heterocycles. The molecule has 0 fully saturated rings. The number of carbonyl (C=O) groups is 1. The van der Waals surface area contributed by atoms with E-state index >= 15 is 0 Å². The van der Waals surface area contributed by atoms with Crippen molar-refractivity contribution in [2.24, 2.45) is 0 Å². The number of carboxylic acids is 1. The molecular formula is C24H24FN2NaO3. The van der Waals surface area contributed by atoms with Gasteiger partial charge in [-0.3, -0.25) is 4.68 Å². The van der Waals surface area contributed by atoms with Crippen LogP contribution in [0.5, 0.6) is 5.75 Å². The average Bonchev–Trinajstić information content (AvgIpc) is 3.28. The summed E-state index contributed by atoms with van der Waals surface area (Å²) in [4.78, 5) is 11.0. The number of rotatable bonds is 6. The van der Waals surface area contributed by atoms with E-state index in [2.05, 4.69) is 5.10 Å². The second kappa shape index (κ2) is 9.55. The number of hydrogen-bond acceptors (Lipinski definition) is 4. The summed E-state index contributed by atoms with van der Waals surface area (Å²) < 4.78 is 14.7. The number of fused-ring (bicyclic) bond motifs is 1. The van der Waals surface area contributed by atoms with Gasteiger partial charge in [0.2, 0.25) is 0 Å². The van der Waals surface area contributed by atoms with Crippen molar-refractivity contribution >= 4 is 5.97 Å². The van der Waals surface area contributed by atoms with Gasteiger partial charge in [0, 0.05) is 24.1 Å². The van der Waals surface area contributed by atoms with Gasteiger partial charge in [-0.2, -0.15) is 5.10 Å². The van der Waals surface area contributed by atoms with Gasteiger partial charge in [-0.1, -0.05) is 18.2 Å². The Balaban J connectivity index is 0.00000272. The number of nitrogens with zero attached hydrogens (tertiary/aromatic N) is 2. The van der Waals surface area contributed by atoms with E-state index in [1.54, 1.807) is 12.1 Å². The Kier molecular flexibility index (Phi) is 7.24. The van der Waals surface area contributed by atoms with Crippen LogP contribution in [0.3, 0.4) is 0 Å². The second-order valence-electron chi connectivity index (χ2n) is 8.01. The van der Waals surface area contributed by atoms with Crippen LogP contribution in [0.1, 0.15) is 51.2 Å². The number of aryl methyl sites for hydroxylation is 1. The van der Waals surface area contributed by atoms with Gasteiger partial charge in [-0.25, -0.2) is 4.39 Å². The van der Waals surface area contributed by atoms with Gasteiger partial charge in [-0.15, -0.1) is 0 Å². The Hall–Kier alpha value is -2.15. The van der Waals surface area contributed by atoms with Crippen LogP contribution in [-0.4, -0.2) is 20.9 Å². The second-order valence-corrected chi connectivity index (χ2v) is 8.01. The van der Waals surface area contributed by atoms with Crippen molar-refractivity contribution < 1.29 is 49.0 Å². The van der Waals surface area contributed by atoms with Crippen molar-refractivity contribution in [1.29, 1.82) is 0 Å². The molecule has 1 N–H and O–H groups in total. The maximum Gasteiger partial charge on any atom is 1.00 e. The Labute approximate surface area is 203 Å². The molecule has 1 aliphatic rings. The van der Waals surface area contributed by atoms with Crippen LogP contribution < -0.4 is 34.7 Å². The number of aromatic hydroxyl groups is 1. The van der Waals surface area contributed by atoms with Gasteiger partial charge in [0.15, 0.2) is 0 Å². The van der Waals surface area contributed by atoms with E-state index in [1.165, 1.54) is 22.4 Å². The van der Waals surface area contributed by atoms with Crippen LogP contribution >= 0.6 is 0 Å². The van der Waals surface area contributed by atoms with Gasteiger partial charge in [0.1, 0.15) is 11.6 Å². The Morgan fingerprint density at radius 3 is 2.48 bits per heavy atom. The molecule has 3 aromatic rings. The molecule has 0 radical (unpaired) electrons. The first-order valence-corrected chi connectivity index (χ1v) is 10.2. The summed E-state index contributed by atoms with van der Waals surface area (Å²) in [6, 6.07) is 8.37. The Morgan fingerprint density at radius 1 is 1.13 bits per heavy atom. The fourth-order valence-corrected chi connectivity index (χ4v) is 4.49. The van der Waals surface area contributed by atoms with Crippen LogP contribution in [0, 0.1) is 19.7 Å². The van der Waals surface area contributed by atoms with Gasteiger partial charge < -0.3 is 15.0 Å².